The first-order valence-corrected chi connectivity index (χ1v) is 8.23. The lowest BCUT2D eigenvalue weighted by molar-refractivity contribution is 0.103. The van der Waals surface area contributed by atoms with E-state index >= 15 is 0 Å². The summed E-state index contributed by atoms with van der Waals surface area (Å²) < 4.78 is 5.48. The van der Waals surface area contributed by atoms with Crippen LogP contribution < -0.4 is 0 Å². The highest BCUT2D eigenvalue weighted by Crippen LogP contribution is 2.31. The molecule has 2 aromatic heterocycles. The number of nitrogens with one attached hydrogen (secondary N) is 1. The van der Waals surface area contributed by atoms with Gasteiger partial charge in [-0.2, -0.15) is 0 Å². The van der Waals surface area contributed by atoms with Gasteiger partial charge in [0, 0.05) is 16.7 Å². The molecule has 0 fully saturated rings. The Morgan fingerprint density at radius 2 is 1.85 bits per heavy atom. The lowest BCUT2D eigenvalue weighted by atomic mass is 10.0. The summed E-state index contributed by atoms with van der Waals surface area (Å²) in [4.78, 5) is 31.5. The summed E-state index contributed by atoms with van der Waals surface area (Å²) in [6, 6.07) is 14.5. The second-order valence-corrected chi connectivity index (χ2v) is 6.15. The predicted molar refractivity (Wildman–Crippen MR) is 98.5 cm³/mol. The fraction of sp³-hybridized carbons (Fsp3) is 0.0952. The third-order valence-corrected chi connectivity index (χ3v) is 4.48. The Kier molecular flexibility index (Phi) is 3.77. The van der Waals surface area contributed by atoms with Gasteiger partial charge < -0.3 is 9.40 Å². The first-order chi connectivity index (χ1) is 12.6. The number of aldehydes is 1. The molecule has 1 N–H and O–H groups in total. The van der Waals surface area contributed by atoms with Crippen molar-refractivity contribution in [3.8, 4) is 11.4 Å². The fourth-order valence-corrected chi connectivity index (χ4v) is 3.16. The molecule has 128 valence electrons. The summed E-state index contributed by atoms with van der Waals surface area (Å²) in [5, 5.41) is 0. The zero-order valence-corrected chi connectivity index (χ0v) is 14.4. The van der Waals surface area contributed by atoms with Crippen LogP contribution in [-0.4, -0.2) is 22.0 Å². The van der Waals surface area contributed by atoms with E-state index in [9.17, 15) is 9.59 Å². The van der Waals surface area contributed by atoms with Crippen LogP contribution in [0.3, 0.4) is 0 Å². The van der Waals surface area contributed by atoms with Gasteiger partial charge in [-0.15, -0.1) is 0 Å². The van der Waals surface area contributed by atoms with Crippen molar-refractivity contribution in [2.45, 2.75) is 13.8 Å². The van der Waals surface area contributed by atoms with Gasteiger partial charge in [-0.1, -0.05) is 30.3 Å². The van der Waals surface area contributed by atoms with Crippen molar-refractivity contribution in [3.63, 3.8) is 0 Å². The molecule has 0 aliphatic heterocycles. The number of rotatable bonds is 4. The standard InChI is InChI=1S/C21H16N2O3/c1-12-18(11-24)26-13(2)19(12)21-22-16-9-8-15(10-17(16)23-21)20(25)14-6-4-3-5-7-14/h3-11H,1-2H3,(H,22,23). The monoisotopic (exact) mass is 344 g/mol. The first kappa shape index (κ1) is 16.0. The number of nitrogens with zero attached hydrogens (tertiary/aromatic N) is 1. The molecule has 2 heterocycles. The molecule has 5 nitrogen and oxygen atoms in total. The summed E-state index contributed by atoms with van der Waals surface area (Å²) in [6.45, 7) is 3.62. The predicted octanol–water partition coefficient (Wildman–Crippen LogP) is 4.48. The molecule has 5 heteroatoms. The number of furan rings is 1. The van der Waals surface area contributed by atoms with Gasteiger partial charge in [0.15, 0.2) is 17.8 Å². The average molecular weight is 344 g/mol. The molecule has 0 atom stereocenters. The Labute approximate surface area is 149 Å². The molecule has 0 bridgehead atoms. The molecule has 0 spiro atoms. The van der Waals surface area contributed by atoms with E-state index in [2.05, 4.69) is 9.97 Å². The summed E-state index contributed by atoms with van der Waals surface area (Å²) >= 11 is 0. The van der Waals surface area contributed by atoms with Crippen molar-refractivity contribution >= 4 is 23.1 Å². The maximum absolute atomic E-state index is 12.6. The van der Waals surface area contributed by atoms with Crippen LogP contribution in [0.5, 0.6) is 0 Å². The van der Waals surface area contributed by atoms with Gasteiger partial charge in [0.2, 0.25) is 0 Å². The smallest absolute Gasteiger partial charge is 0.193 e. The third-order valence-electron chi connectivity index (χ3n) is 4.48. The minimum absolute atomic E-state index is 0.0393. The van der Waals surface area contributed by atoms with Crippen LogP contribution >= 0.6 is 0 Å². The molecule has 0 amide bonds. The zero-order valence-electron chi connectivity index (χ0n) is 14.4. The second kappa shape index (κ2) is 6.11. The summed E-state index contributed by atoms with van der Waals surface area (Å²) in [6.07, 6.45) is 0.700. The SMILES string of the molecule is Cc1oc(C=O)c(C)c1-c1nc2ccc(C(=O)c3ccccc3)cc2[nH]1. The Morgan fingerprint density at radius 1 is 1.08 bits per heavy atom. The van der Waals surface area contributed by atoms with E-state index in [1.54, 1.807) is 31.2 Å². The van der Waals surface area contributed by atoms with Gasteiger partial charge in [0.1, 0.15) is 11.6 Å². The average Bonchev–Trinajstić information content (AvgIpc) is 3.20. The van der Waals surface area contributed by atoms with Crippen molar-refractivity contribution in [2.24, 2.45) is 0 Å². The number of imidazole rings is 1. The molecule has 2 aromatic carbocycles. The van der Waals surface area contributed by atoms with Crippen LogP contribution in [0.25, 0.3) is 22.4 Å². The molecule has 0 unspecified atom stereocenters. The van der Waals surface area contributed by atoms with Crippen LogP contribution in [0.15, 0.2) is 52.9 Å². The van der Waals surface area contributed by atoms with E-state index in [1.807, 2.05) is 31.2 Å². The molecule has 4 aromatic rings. The Bertz CT molecular complexity index is 1140. The molecular formula is C21H16N2O3. The number of carbonyl (C=O) groups is 2. The maximum Gasteiger partial charge on any atom is 0.193 e. The van der Waals surface area contributed by atoms with Crippen molar-refractivity contribution in [3.05, 3.63) is 76.7 Å². The van der Waals surface area contributed by atoms with Crippen molar-refractivity contribution < 1.29 is 14.0 Å². The number of aromatic nitrogens is 2. The highest BCUT2D eigenvalue weighted by Gasteiger charge is 2.19. The molecule has 0 aliphatic carbocycles. The molecule has 0 radical (unpaired) electrons. The maximum atomic E-state index is 12.6. The van der Waals surface area contributed by atoms with E-state index in [4.69, 9.17) is 4.42 Å². The molecule has 0 aliphatic rings. The van der Waals surface area contributed by atoms with Crippen LogP contribution in [-0.2, 0) is 0 Å². The van der Waals surface area contributed by atoms with Crippen LogP contribution in [0.2, 0.25) is 0 Å². The molecule has 0 saturated carbocycles. The number of H-pyrrole nitrogens is 1. The second-order valence-electron chi connectivity index (χ2n) is 6.15. The van der Waals surface area contributed by atoms with Gasteiger partial charge in [0.05, 0.1) is 16.6 Å². The lowest BCUT2D eigenvalue weighted by Crippen LogP contribution is -2.00. The number of benzene rings is 2. The number of hydrogen-bond acceptors (Lipinski definition) is 4. The minimum atomic E-state index is -0.0393. The van der Waals surface area contributed by atoms with E-state index < -0.39 is 0 Å². The number of ketones is 1. The highest BCUT2D eigenvalue weighted by molar-refractivity contribution is 6.10. The Morgan fingerprint density at radius 3 is 2.54 bits per heavy atom. The Balaban J connectivity index is 1.79. The number of aromatic amines is 1. The molecule has 4 rings (SSSR count). The Hall–Kier alpha value is -3.47. The summed E-state index contributed by atoms with van der Waals surface area (Å²) in [5.41, 5.74) is 4.26. The topological polar surface area (TPSA) is 76.0 Å². The largest absolute Gasteiger partial charge is 0.458 e. The van der Waals surface area contributed by atoms with E-state index in [0.29, 0.717) is 34.8 Å². The number of carbonyl (C=O) groups excluding carboxylic acids is 2. The number of fused-ring (bicyclic) bond motifs is 1. The van der Waals surface area contributed by atoms with Gasteiger partial charge in [0.25, 0.3) is 0 Å². The van der Waals surface area contributed by atoms with Crippen LogP contribution in [0.1, 0.15) is 37.8 Å². The van der Waals surface area contributed by atoms with Crippen LogP contribution in [0, 0.1) is 13.8 Å². The van der Waals surface area contributed by atoms with Crippen molar-refractivity contribution in [1.82, 2.24) is 9.97 Å². The van der Waals surface area contributed by atoms with E-state index in [-0.39, 0.29) is 5.78 Å². The number of aryl methyl sites for hydroxylation is 1. The molecule has 0 saturated heterocycles. The molecular weight excluding hydrogens is 328 g/mol. The van der Waals surface area contributed by atoms with Gasteiger partial charge in [-0.05, 0) is 32.0 Å². The summed E-state index contributed by atoms with van der Waals surface area (Å²) in [5.74, 6) is 1.51. The summed E-state index contributed by atoms with van der Waals surface area (Å²) in [7, 11) is 0. The normalized spacial score (nSPS) is 11.0. The van der Waals surface area contributed by atoms with Crippen molar-refractivity contribution in [2.75, 3.05) is 0 Å². The first-order valence-electron chi connectivity index (χ1n) is 8.23. The van der Waals surface area contributed by atoms with Crippen molar-refractivity contribution in [1.29, 1.82) is 0 Å². The highest BCUT2D eigenvalue weighted by atomic mass is 16.3. The van der Waals surface area contributed by atoms with Gasteiger partial charge >= 0.3 is 0 Å². The van der Waals surface area contributed by atoms with Crippen LogP contribution in [0.4, 0.5) is 0 Å². The quantitative estimate of drug-likeness (QED) is 0.437. The molecule has 26 heavy (non-hydrogen) atoms. The van der Waals surface area contributed by atoms with E-state index in [0.717, 1.165) is 22.2 Å². The zero-order chi connectivity index (χ0) is 18.3. The van der Waals surface area contributed by atoms with E-state index in [1.165, 1.54) is 0 Å². The van der Waals surface area contributed by atoms with Gasteiger partial charge in [-0.3, -0.25) is 9.59 Å². The third kappa shape index (κ3) is 2.54. The van der Waals surface area contributed by atoms with Gasteiger partial charge in [-0.25, -0.2) is 4.98 Å². The minimum Gasteiger partial charge on any atom is -0.458 e. The number of hydrogen-bond donors (Lipinski definition) is 1. The lowest BCUT2D eigenvalue weighted by Gasteiger charge is -2.00. The fourth-order valence-electron chi connectivity index (χ4n) is 3.16.